The smallest absolute Gasteiger partial charge is 0.416 e. The summed E-state index contributed by atoms with van der Waals surface area (Å²) in [5, 5.41) is -0.243. The molecule has 0 aliphatic rings. The molecular formula is C23H20ClF3N2O4S. The van der Waals surface area contributed by atoms with Crippen LogP contribution in [0.2, 0.25) is 5.02 Å². The Morgan fingerprint density at radius 2 is 1.71 bits per heavy atom. The number of sulfonamides is 1. The SMILES string of the molecule is COc1ccc(S(=O)(=O)N(CC(=O)CCc2ccncc2)c2cc(C(F)(F)F)ccc2Cl)cc1. The van der Waals surface area contributed by atoms with Gasteiger partial charge in [0.15, 0.2) is 5.78 Å². The molecule has 0 radical (unpaired) electrons. The number of hydrogen-bond donors (Lipinski definition) is 0. The lowest BCUT2D eigenvalue weighted by Crippen LogP contribution is -2.36. The van der Waals surface area contributed by atoms with E-state index in [0.717, 1.165) is 17.7 Å². The number of halogens is 4. The summed E-state index contributed by atoms with van der Waals surface area (Å²) in [4.78, 5) is 16.4. The Bertz CT molecular complexity index is 1250. The molecule has 0 fully saturated rings. The lowest BCUT2D eigenvalue weighted by atomic mass is 10.1. The molecule has 0 aliphatic heterocycles. The zero-order valence-electron chi connectivity index (χ0n) is 17.9. The molecule has 0 N–H and O–H groups in total. The van der Waals surface area contributed by atoms with Gasteiger partial charge in [0, 0.05) is 18.8 Å². The average molecular weight is 513 g/mol. The Morgan fingerprint density at radius 3 is 2.29 bits per heavy atom. The molecule has 34 heavy (non-hydrogen) atoms. The predicted molar refractivity (Wildman–Crippen MR) is 122 cm³/mol. The van der Waals surface area contributed by atoms with E-state index in [4.69, 9.17) is 16.3 Å². The van der Waals surface area contributed by atoms with Gasteiger partial charge in [-0.05, 0) is 66.6 Å². The molecule has 3 aromatic rings. The van der Waals surface area contributed by atoms with Crippen LogP contribution in [0.25, 0.3) is 0 Å². The van der Waals surface area contributed by atoms with Crippen molar-refractivity contribution in [1.29, 1.82) is 0 Å². The first-order valence-corrected chi connectivity index (χ1v) is 11.8. The molecule has 11 heteroatoms. The fraction of sp³-hybridized carbons (Fsp3) is 0.217. The number of hydrogen-bond acceptors (Lipinski definition) is 5. The summed E-state index contributed by atoms with van der Waals surface area (Å²) in [5.41, 5.74) is -0.722. The van der Waals surface area contributed by atoms with Gasteiger partial charge in [0.1, 0.15) is 5.75 Å². The van der Waals surface area contributed by atoms with Crippen molar-refractivity contribution in [2.75, 3.05) is 18.0 Å². The van der Waals surface area contributed by atoms with Gasteiger partial charge in [-0.1, -0.05) is 11.6 Å². The molecular weight excluding hydrogens is 493 g/mol. The minimum absolute atomic E-state index is 0.0325. The lowest BCUT2D eigenvalue weighted by Gasteiger charge is -2.26. The molecule has 180 valence electrons. The average Bonchev–Trinajstić information content (AvgIpc) is 2.81. The minimum atomic E-state index is -4.74. The van der Waals surface area contributed by atoms with Crippen molar-refractivity contribution in [1.82, 2.24) is 4.98 Å². The molecule has 3 rings (SSSR count). The number of carbonyl (C=O) groups excluding carboxylic acids is 1. The maximum Gasteiger partial charge on any atom is 0.416 e. The van der Waals surface area contributed by atoms with E-state index in [0.29, 0.717) is 22.5 Å². The van der Waals surface area contributed by atoms with Crippen molar-refractivity contribution in [2.24, 2.45) is 0 Å². The van der Waals surface area contributed by atoms with E-state index in [-0.39, 0.29) is 16.3 Å². The summed E-state index contributed by atoms with van der Waals surface area (Å²) in [6.45, 7) is -0.694. The van der Waals surface area contributed by atoms with Gasteiger partial charge in [0.05, 0.1) is 34.8 Å². The zero-order valence-corrected chi connectivity index (χ0v) is 19.5. The molecule has 0 saturated heterocycles. The number of nitrogens with zero attached hydrogens (tertiary/aromatic N) is 2. The van der Waals surface area contributed by atoms with E-state index in [1.54, 1.807) is 24.5 Å². The fourth-order valence-corrected chi connectivity index (χ4v) is 4.86. The maximum atomic E-state index is 13.4. The molecule has 0 saturated carbocycles. The van der Waals surface area contributed by atoms with Gasteiger partial charge in [0.2, 0.25) is 0 Å². The van der Waals surface area contributed by atoms with Crippen LogP contribution in [-0.4, -0.2) is 32.8 Å². The van der Waals surface area contributed by atoms with E-state index < -0.39 is 39.8 Å². The zero-order chi connectivity index (χ0) is 24.9. The van der Waals surface area contributed by atoms with E-state index in [2.05, 4.69) is 4.98 Å². The Morgan fingerprint density at radius 1 is 1.06 bits per heavy atom. The lowest BCUT2D eigenvalue weighted by molar-refractivity contribution is -0.137. The van der Waals surface area contributed by atoms with Gasteiger partial charge in [-0.3, -0.25) is 14.1 Å². The number of ketones is 1. The number of aryl methyl sites for hydroxylation is 1. The number of anilines is 1. The van der Waals surface area contributed by atoms with Crippen LogP contribution < -0.4 is 9.04 Å². The van der Waals surface area contributed by atoms with Crippen LogP contribution in [0.3, 0.4) is 0 Å². The van der Waals surface area contributed by atoms with Crippen molar-refractivity contribution < 1.29 is 31.1 Å². The van der Waals surface area contributed by atoms with Crippen molar-refractivity contribution in [3.05, 3.63) is 83.1 Å². The highest BCUT2D eigenvalue weighted by molar-refractivity contribution is 7.92. The second-order valence-electron chi connectivity index (χ2n) is 7.25. The number of ether oxygens (including phenoxy) is 1. The summed E-state index contributed by atoms with van der Waals surface area (Å²) < 4.78 is 72.5. The van der Waals surface area contributed by atoms with Gasteiger partial charge >= 0.3 is 6.18 Å². The normalized spacial score (nSPS) is 11.8. The number of alkyl halides is 3. The molecule has 2 aromatic carbocycles. The second-order valence-corrected chi connectivity index (χ2v) is 9.51. The Hall–Kier alpha value is -3.11. The molecule has 0 amide bonds. The Kier molecular flexibility index (Phi) is 7.83. The number of rotatable bonds is 9. The van der Waals surface area contributed by atoms with Crippen LogP contribution >= 0.6 is 11.6 Å². The van der Waals surface area contributed by atoms with E-state index in [1.807, 2.05) is 0 Å². The summed E-state index contributed by atoms with van der Waals surface area (Å²) in [6.07, 6.45) is -1.34. The number of carbonyl (C=O) groups is 1. The third kappa shape index (κ3) is 6.06. The third-order valence-electron chi connectivity index (χ3n) is 4.95. The van der Waals surface area contributed by atoms with E-state index in [1.165, 1.54) is 31.4 Å². The predicted octanol–water partition coefficient (Wildman–Crippen LogP) is 5.16. The topological polar surface area (TPSA) is 76.6 Å². The highest BCUT2D eigenvalue weighted by Crippen LogP contribution is 2.37. The number of benzene rings is 2. The summed E-state index contributed by atoms with van der Waals surface area (Å²) in [6, 6.07) is 11.0. The van der Waals surface area contributed by atoms with Crippen LogP contribution in [-0.2, 0) is 27.4 Å². The summed E-state index contributed by atoms with van der Waals surface area (Å²) in [7, 11) is -3.04. The van der Waals surface area contributed by atoms with E-state index in [9.17, 15) is 26.4 Å². The molecule has 0 bridgehead atoms. The first-order valence-electron chi connectivity index (χ1n) is 9.96. The third-order valence-corrected chi connectivity index (χ3v) is 7.04. The first kappa shape index (κ1) is 25.5. The van der Waals surface area contributed by atoms with Gasteiger partial charge in [0.25, 0.3) is 10.0 Å². The van der Waals surface area contributed by atoms with Crippen molar-refractivity contribution in [2.45, 2.75) is 23.9 Å². The quantitative estimate of drug-likeness (QED) is 0.396. The summed E-state index contributed by atoms with van der Waals surface area (Å²) in [5.74, 6) is -0.113. The van der Waals surface area contributed by atoms with Crippen molar-refractivity contribution in [3.8, 4) is 5.75 Å². The molecule has 0 atom stereocenters. The van der Waals surface area contributed by atoms with Crippen LogP contribution in [0.1, 0.15) is 17.5 Å². The molecule has 0 aliphatic carbocycles. The largest absolute Gasteiger partial charge is 0.497 e. The van der Waals surface area contributed by atoms with Gasteiger partial charge in [-0.15, -0.1) is 0 Å². The molecule has 6 nitrogen and oxygen atoms in total. The Labute approximate surface area is 200 Å². The van der Waals surface area contributed by atoms with E-state index >= 15 is 0 Å². The Balaban J connectivity index is 2.00. The monoisotopic (exact) mass is 512 g/mol. The van der Waals surface area contributed by atoms with Crippen molar-refractivity contribution in [3.63, 3.8) is 0 Å². The number of methoxy groups -OCH3 is 1. The number of Topliss-reactive ketones (excluding diaryl/α,β-unsaturated/α-hetero) is 1. The van der Waals surface area contributed by atoms with Gasteiger partial charge in [-0.2, -0.15) is 13.2 Å². The minimum Gasteiger partial charge on any atom is -0.497 e. The molecule has 0 spiro atoms. The first-order chi connectivity index (χ1) is 16.0. The molecule has 1 heterocycles. The molecule has 0 unspecified atom stereocenters. The van der Waals surface area contributed by atoms with Crippen LogP contribution in [0.5, 0.6) is 5.75 Å². The number of pyridine rings is 1. The van der Waals surface area contributed by atoms with Crippen LogP contribution in [0.15, 0.2) is 71.9 Å². The van der Waals surface area contributed by atoms with Crippen molar-refractivity contribution >= 4 is 33.1 Å². The standard InChI is InChI=1S/C23H20ClF3N2O4S/c1-33-19-5-7-20(8-6-19)34(31,32)29(15-18(30)4-2-16-10-12-28-13-11-16)22-14-17(23(25,26)27)3-9-21(22)24/h3,5-14H,2,4,15H2,1H3. The highest BCUT2D eigenvalue weighted by atomic mass is 35.5. The molecule has 1 aromatic heterocycles. The maximum absolute atomic E-state index is 13.4. The second kappa shape index (κ2) is 10.4. The van der Waals surface area contributed by atoms with Gasteiger partial charge in [-0.25, -0.2) is 8.42 Å². The number of aromatic nitrogens is 1. The summed E-state index contributed by atoms with van der Waals surface area (Å²) >= 11 is 6.13. The van der Waals surface area contributed by atoms with Crippen LogP contribution in [0, 0.1) is 0 Å². The fourth-order valence-electron chi connectivity index (χ4n) is 3.13. The van der Waals surface area contributed by atoms with Gasteiger partial charge < -0.3 is 4.74 Å². The van der Waals surface area contributed by atoms with Crippen LogP contribution in [0.4, 0.5) is 18.9 Å². The highest BCUT2D eigenvalue weighted by Gasteiger charge is 2.34.